The molecule has 0 bridgehead atoms. The average Bonchev–Trinajstić information content (AvgIpc) is 2.37. The van der Waals surface area contributed by atoms with Gasteiger partial charge in [0.05, 0.1) is 30.9 Å². The van der Waals surface area contributed by atoms with Crippen LogP contribution in [0.4, 0.5) is 0 Å². The van der Waals surface area contributed by atoms with Gasteiger partial charge >= 0.3 is 0 Å². The molecule has 2 rings (SSSR count). The molecule has 104 valence electrons. The predicted molar refractivity (Wildman–Crippen MR) is 66.1 cm³/mol. The molecule has 19 heavy (non-hydrogen) atoms. The van der Waals surface area contributed by atoms with Gasteiger partial charge in [-0.3, -0.25) is 14.6 Å². The zero-order valence-corrected chi connectivity index (χ0v) is 10.5. The number of aromatic hydroxyl groups is 1. The van der Waals surface area contributed by atoms with E-state index in [9.17, 15) is 14.7 Å². The number of nitrogens with one attached hydrogen (secondary N) is 1. The molecule has 1 aromatic heterocycles. The molecule has 7 nitrogen and oxygen atoms in total. The third-order valence-electron chi connectivity index (χ3n) is 3.05. The molecule has 2 atom stereocenters. The van der Waals surface area contributed by atoms with E-state index >= 15 is 0 Å². The fourth-order valence-electron chi connectivity index (χ4n) is 2.03. The topological polar surface area (TPSA) is 103 Å². The molecule has 0 spiro atoms. The summed E-state index contributed by atoms with van der Waals surface area (Å²) in [6.07, 6.45) is -0.421. The summed E-state index contributed by atoms with van der Waals surface area (Å²) in [5.74, 6) is -0.717. The Hall–Kier alpha value is -1.86. The quantitative estimate of drug-likeness (QED) is 0.658. The highest BCUT2D eigenvalue weighted by Crippen LogP contribution is 2.16. The monoisotopic (exact) mass is 268 g/mol. The minimum Gasteiger partial charge on any atom is -0.494 e. The number of H-pyrrole nitrogens is 1. The number of ether oxygens (including phenoxy) is 1. The van der Waals surface area contributed by atoms with Crippen LogP contribution in [0.5, 0.6) is 5.88 Å². The summed E-state index contributed by atoms with van der Waals surface area (Å²) in [5.41, 5.74) is -0.422. The summed E-state index contributed by atoms with van der Waals surface area (Å²) in [6, 6.07) is 2.19. The van der Waals surface area contributed by atoms with Crippen molar-refractivity contribution in [3.63, 3.8) is 0 Å². The zero-order valence-electron chi connectivity index (χ0n) is 10.5. The Labute approximate surface area is 109 Å². The minimum atomic E-state index is -0.539. The van der Waals surface area contributed by atoms with Gasteiger partial charge in [0.2, 0.25) is 0 Å². The Balaban J connectivity index is 2.24. The van der Waals surface area contributed by atoms with Gasteiger partial charge < -0.3 is 19.8 Å². The second kappa shape index (κ2) is 5.41. The van der Waals surface area contributed by atoms with Crippen molar-refractivity contribution in [3.8, 4) is 5.88 Å². The number of aliphatic hydroxyl groups is 1. The minimum absolute atomic E-state index is 0.117. The van der Waals surface area contributed by atoms with Crippen LogP contribution in [-0.2, 0) is 4.74 Å². The number of hydrogen-bond donors (Lipinski definition) is 3. The van der Waals surface area contributed by atoms with Crippen LogP contribution >= 0.6 is 0 Å². The Kier molecular flexibility index (Phi) is 3.87. The van der Waals surface area contributed by atoms with Gasteiger partial charge in [-0.15, -0.1) is 0 Å². The summed E-state index contributed by atoms with van der Waals surface area (Å²) in [5, 5.41) is 18.4. The smallest absolute Gasteiger partial charge is 0.254 e. The first-order valence-corrected chi connectivity index (χ1v) is 5.98. The lowest BCUT2D eigenvalue weighted by atomic mass is 10.1. The molecule has 0 aliphatic carbocycles. The molecule has 1 aromatic rings. The fourth-order valence-corrected chi connectivity index (χ4v) is 2.03. The number of aromatic amines is 1. The van der Waals surface area contributed by atoms with Gasteiger partial charge in [0.15, 0.2) is 5.88 Å². The largest absolute Gasteiger partial charge is 0.494 e. The lowest BCUT2D eigenvalue weighted by Crippen LogP contribution is -2.52. The van der Waals surface area contributed by atoms with Crippen molar-refractivity contribution < 1.29 is 19.7 Å². The third kappa shape index (κ3) is 2.94. The van der Waals surface area contributed by atoms with Gasteiger partial charge in [0.1, 0.15) is 0 Å². The average molecular weight is 268 g/mol. The number of amides is 1. The molecule has 0 radical (unpaired) electrons. The Morgan fingerprint density at radius 3 is 2.95 bits per heavy atom. The number of carbonyl (C=O) groups excluding carboxylic acids is 1. The predicted octanol–water partition coefficient (Wildman–Crippen LogP) is -0.698. The van der Waals surface area contributed by atoms with E-state index in [1.807, 2.05) is 6.92 Å². The van der Waals surface area contributed by atoms with Gasteiger partial charge in [0, 0.05) is 18.7 Å². The number of morpholine rings is 1. The second-order valence-corrected chi connectivity index (χ2v) is 4.56. The van der Waals surface area contributed by atoms with E-state index in [-0.39, 0.29) is 36.5 Å². The molecular weight excluding hydrogens is 252 g/mol. The van der Waals surface area contributed by atoms with E-state index in [0.29, 0.717) is 6.61 Å². The van der Waals surface area contributed by atoms with Gasteiger partial charge in [-0.2, -0.15) is 0 Å². The van der Waals surface area contributed by atoms with Crippen LogP contribution < -0.4 is 5.56 Å². The van der Waals surface area contributed by atoms with Crippen molar-refractivity contribution in [1.82, 2.24) is 9.88 Å². The maximum Gasteiger partial charge on any atom is 0.254 e. The molecule has 1 amide bonds. The molecule has 1 saturated heterocycles. The summed E-state index contributed by atoms with van der Waals surface area (Å²) >= 11 is 0. The summed E-state index contributed by atoms with van der Waals surface area (Å²) in [4.78, 5) is 27.2. The second-order valence-electron chi connectivity index (χ2n) is 4.56. The van der Waals surface area contributed by atoms with Gasteiger partial charge in [-0.1, -0.05) is 0 Å². The standard InChI is InChI=1S/C12H16N2O5/c1-7-6-19-9(5-15)4-14(7)12(18)8-2-10(16)13-11(17)3-8/h2-3,7,9,15H,4-6H2,1H3,(H2,13,16,17). The first-order valence-electron chi connectivity index (χ1n) is 5.98. The fraction of sp³-hybridized carbons (Fsp3) is 0.500. The van der Waals surface area contributed by atoms with Gasteiger partial charge in [-0.05, 0) is 6.92 Å². The lowest BCUT2D eigenvalue weighted by molar-refractivity contribution is -0.0667. The Morgan fingerprint density at radius 1 is 1.58 bits per heavy atom. The van der Waals surface area contributed by atoms with Crippen LogP contribution in [0.25, 0.3) is 0 Å². The van der Waals surface area contributed by atoms with E-state index in [1.54, 1.807) is 0 Å². The summed E-state index contributed by atoms with van der Waals surface area (Å²) < 4.78 is 5.34. The van der Waals surface area contributed by atoms with E-state index < -0.39 is 11.7 Å². The van der Waals surface area contributed by atoms with E-state index in [2.05, 4.69) is 4.98 Å². The highest BCUT2D eigenvalue weighted by atomic mass is 16.5. The van der Waals surface area contributed by atoms with Crippen LogP contribution in [0.2, 0.25) is 0 Å². The van der Waals surface area contributed by atoms with Crippen molar-refractivity contribution in [3.05, 3.63) is 28.0 Å². The molecule has 2 unspecified atom stereocenters. The number of pyridine rings is 1. The summed E-state index contributed by atoms with van der Waals surface area (Å²) in [6.45, 7) is 2.23. The Bertz CT molecular complexity index is 527. The highest BCUT2D eigenvalue weighted by Gasteiger charge is 2.30. The van der Waals surface area contributed by atoms with E-state index in [0.717, 1.165) is 6.07 Å². The molecule has 0 aromatic carbocycles. The van der Waals surface area contributed by atoms with Crippen molar-refractivity contribution >= 4 is 5.91 Å². The zero-order chi connectivity index (χ0) is 14.0. The van der Waals surface area contributed by atoms with Crippen LogP contribution in [0.1, 0.15) is 17.3 Å². The number of hydrogen-bond acceptors (Lipinski definition) is 5. The molecule has 3 N–H and O–H groups in total. The van der Waals surface area contributed by atoms with Crippen LogP contribution in [0.15, 0.2) is 16.9 Å². The molecule has 7 heteroatoms. The molecule has 1 aliphatic rings. The van der Waals surface area contributed by atoms with Gasteiger partial charge in [0.25, 0.3) is 11.5 Å². The number of aliphatic hydroxyl groups excluding tert-OH is 1. The molecule has 1 aliphatic heterocycles. The molecular formula is C12H16N2O5. The SMILES string of the molecule is CC1COC(CO)CN1C(=O)c1cc(O)[nH]c(=O)c1. The lowest BCUT2D eigenvalue weighted by Gasteiger charge is -2.37. The van der Waals surface area contributed by atoms with Crippen molar-refractivity contribution in [2.75, 3.05) is 19.8 Å². The van der Waals surface area contributed by atoms with E-state index in [1.165, 1.54) is 11.0 Å². The Morgan fingerprint density at radius 2 is 2.32 bits per heavy atom. The third-order valence-corrected chi connectivity index (χ3v) is 3.05. The first kappa shape index (κ1) is 13.6. The summed E-state index contributed by atoms with van der Waals surface area (Å²) in [7, 11) is 0. The first-order chi connectivity index (χ1) is 9.01. The van der Waals surface area contributed by atoms with E-state index in [4.69, 9.17) is 9.84 Å². The van der Waals surface area contributed by atoms with Crippen molar-refractivity contribution in [2.45, 2.75) is 19.1 Å². The highest BCUT2D eigenvalue weighted by molar-refractivity contribution is 5.94. The molecule has 1 fully saturated rings. The number of carbonyl (C=O) groups is 1. The van der Waals surface area contributed by atoms with Crippen LogP contribution in [-0.4, -0.2) is 57.9 Å². The normalized spacial score (nSPS) is 23.4. The van der Waals surface area contributed by atoms with Crippen LogP contribution in [0.3, 0.4) is 0 Å². The molecule has 2 heterocycles. The van der Waals surface area contributed by atoms with Crippen LogP contribution in [0, 0.1) is 0 Å². The van der Waals surface area contributed by atoms with Gasteiger partial charge in [-0.25, -0.2) is 0 Å². The maximum atomic E-state index is 12.3. The number of nitrogens with zero attached hydrogens (tertiary/aromatic N) is 1. The van der Waals surface area contributed by atoms with Crippen molar-refractivity contribution in [2.24, 2.45) is 0 Å². The van der Waals surface area contributed by atoms with Crippen molar-refractivity contribution in [1.29, 1.82) is 0 Å². The number of aromatic nitrogens is 1. The number of rotatable bonds is 2. The molecule has 0 saturated carbocycles. The maximum absolute atomic E-state index is 12.3.